The average Bonchev–Trinajstić information content (AvgIpc) is 2.43. The minimum atomic E-state index is 0.148. The average molecular weight is 310 g/mol. The molecule has 0 bridgehead atoms. The highest BCUT2D eigenvalue weighted by Crippen LogP contribution is 2.15. The summed E-state index contributed by atoms with van der Waals surface area (Å²) >= 11 is 9.91. The molecule has 0 unspecified atom stereocenters. The second kappa shape index (κ2) is 8.94. The first-order valence-electron chi connectivity index (χ1n) is 5.67. The van der Waals surface area contributed by atoms with Gasteiger partial charge < -0.3 is 20.3 Å². The summed E-state index contributed by atoms with van der Waals surface area (Å²) in [4.78, 5) is 9.74. The van der Waals surface area contributed by atoms with Crippen molar-refractivity contribution in [3.63, 3.8) is 0 Å². The van der Waals surface area contributed by atoms with E-state index in [0.717, 1.165) is 11.4 Å². The zero-order valence-corrected chi connectivity index (χ0v) is 12.6. The monoisotopic (exact) mass is 310 g/mol. The van der Waals surface area contributed by atoms with E-state index in [1.165, 1.54) is 12.4 Å². The van der Waals surface area contributed by atoms with E-state index in [1.807, 2.05) is 18.2 Å². The van der Waals surface area contributed by atoms with E-state index >= 15 is 0 Å². The van der Waals surface area contributed by atoms with E-state index in [0.29, 0.717) is 0 Å². The van der Waals surface area contributed by atoms with Gasteiger partial charge in [0.1, 0.15) is 0 Å². The summed E-state index contributed by atoms with van der Waals surface area (Å²) in [5, 5.41) is 13.2. The molecule has 1 aromatic rings. The summed E-state index contributed by atoms with van der Waals surface area (Å²) in [6.07, 6.45) is 2.99. The topological polar surface area (TPSA) is 67.2 Å². The molecule has 0 amide bonds. The Bertz CT molecular complexity index is 489. The van der Waals surface area contributed by atoms with Gasteiger partial charge in [-0.1, -0.05) is 16.4 Å². The van der Waals surface area contributed by atoms with Gasteiger partial charge >= 0.3 is 0 Å². The van der Waals surface area contributed by atoms with Gasteiger partial charge in [-0.05, 0) is 56.5 Å². The van der Waals surface area contributed by atoms with Crippen LogP contribution in [0.3, 0.4) is 0 Å². The Hall–Kier alpha value is -2.06. The molecule has 6 nitrogen and oxygen atoms in total. The molecule has 20 heavy (non-hydrogen) atoms. The highest BCUT2D eigenvalue weighted by molar-refractivity contribution is 7.80. The lowest BCUT2D eigenvalue weighted by molar-refractivity contribution is 0.338. The third-order valence-electron chi connectivity index (χ3n) is 1.84. The predicted molar refractivity (Wildman–Crippen MR) is 89.4 cm³/mol. The quantitative estimate of drug-likeness (QED) is 0.506. The molecule has 0 aliphatic rings. The van der Waals surface area contributed by atoms with E-state index in [4.69, 9.17) is 34.1 Å². The lowest BCUT2D eigenvalue weighted by atomic mass is 10.3. The molecule has 0 aliphatic carbocycles. The molecule has 0 heterocycles. The van der Waals surface area contributed by atoms with Gasteiger partial charge in [0.15, 0.2) is 0 Å². The van der Waals surface area contributed by atoms with E-state index in [1.54, 1.807) is 19.9 Å². The predicted octanol–water partition coefficient (Wildman–Crippen LogP) is 3.12. The first-order chi connectivity index (χ1) is 9.65. The van der Waals surface area contributed by atoms with E-state index < -0.39 is 0 Å². The summed E-state index contributed by atoms with van der Waals surface area (Å²) in [5.41, 5.74) is 1.46. The van der Waals surface area contributed by atoms with Crippen LogP contribution in [0.25, 0.3) is 0 Å². The van der Waals surface area contributed by atoms with Gasteiger partial charge in [-0.3, -0.25) is 0 Å². The van der Waals surface area contributed by atoms with Gasteiger partial charge in [0.25, 0.3) is 10.3 Å². The molecule has 106 valence electrons. The number of anilines is 2. The van der Waals surface area contributed by atoms with Gasteiger partial charge in [-0.25, -0.2) is 0 Å². The molecule has 0 spiro atoms. The van der Waals surface area contributed by atoms with E-state index in [-0.39, 0.29) is 10.3 Å². The summed E-state index contributed by atoms with van der Waals surface area (Å²) in [6, 6.07) is 7.26. The molecule has 0 aromatic heterocycles. The first kappa shape index (κ1) is 16.0. The van der Waals surface area contributed by atoms with Crippen LogP contribution in [-0.4, -0.2) is 22.8 Å². The van der Waals surface area contributed by atoms with Crippen LogP contribution in [-0.2, 0) is 9.68 Å². The Kier molecular flexibility index (Phi) is 7.15. The van der Waals surface area contributed by atoms with Crippen molar-refractivity contribution in [3.8, 4) is 0 Å². The highest BCUT2D eigenvalue weighted by Gasteiger charge is 2.02. The third kappa shape index (κ3) is 6.21. The van der Waals surface area contributed by atoms with Crippen LogP contribution in [0.4, 0.5) is 11.4 Å². The van der Waals surface area contributed by atoms with Crippen LogP contribution in [0, 0.1) is 0 Å². The maximum absolute atomic E-state index is 4.95. The highest BCUT2D eigenvalue weighted by atomic mass is 32.1. The zero-order chi connectivity index (χ0) is 14.8. The summed E-state index contributed by atoms with van der Waals surface area (Å²) in [6.45, 7) is 3.46. The number of hydrogen-bond acceptors (Lipinski definition) is 6. The second-order valence-corrected chi connectivity index (χ2v) is 4.06. The van der Waals surface area contributed by atoms with Crippen molar-refractivity contribution in [2.45, 2.75) is 13.8 Å². The lowest BCUT2D eigenvalue weighted by Gasteiger charge is -2.09. The van der Waals surface area contributed by atoms with Crippen LogP contribution in [0.5, 0.6) is 0 Å². The second-order valence-electron chi connectivity index (χ2n) is 3.32. The molecule has 0 saturated carbocycles. The number of hydrogen-bond donors (Lipinski definition) is 2. The van der Waals surface area contributed by atoms with Crippen molar-refractivity contribution in [1.82, 2.24) is 0 Å². The van der Waals surface area contributed by atoms with Crippen molar-refractivity contribution in [2.75, 3.05) is 10.6 Å². The molecule has 1 aromatic carbocycles. The van der Waals surface area contributed by atoms with Gasteiger partial charge in [-0.15, -0.1) is 0 Å². The number of thiocarbonyl (C=S) groups is 2. The van der Waals surface area contributed by atoms with Gasteiger partial charge in [0.05, 0.1) is 0 Å². The maximum Gasteiger partial charge on any atom is 0.293 e. The van der Waals surface area contributed by atoms with Crippen LogP contribution in [0.1, 0.15) is 13.8 Å². The molecule has 0 aliphatic heterocycles. The zero-order valence-electron chi connectivity index (χ0n) is 11.0. The normalized spacial score (nSPS) is 10.5. The molecule has 0 fully saturated rings. The van der Waals surface area contributed by atoms with Crippen molar-refractivity contribution < 1.29 is 9.68 Å². The number of nitrogens with one attached hydrogen (secondary N) is 2. The smallest absolute Gasteiger partial charge is 0.293 e. The Morgan fingerprint density at radius 3 is 1.85 bits per heavy atom. The Morgan fingerprint density at radius 1 is 1.00 bits per heavy atom. The molecule has 2 N–H and O–H groups in total. The maximum atomic E-state index is 4.95. The van der Waals surface area contributed by atoms with Gasteiger partial charge in [-0.2, -0.15) is 0 Å². The standard InChI is InChI=1S/C12H14N4O2S2/c1-3-13-17-11(19)15-9-6-5-7-10(8-9)16-12(20)18-14-4-2/h3-8H,1-2H3,(H,15,19)(H,16,20). The Labute approximate surface area is 127 Å². The Balaban J connectivity index is 2.61. The lowest BCUT2D eigenvalue weighted by Crippen LogP contribution is -2.12. The van der Waals surface area contributed by atoms with Crippen LogP contribution >= 0.6 is 24.4 Å². The molecular weight excluding hydrogens is 296 g/mol. The fraction of sp³-hybridized carbons (Fsp3) is 0.167. The molecular formula is C12H14N4O2S2. The van der Waals surface area contributed by atoms with Crippen molar-refractivity contribution in [2.24, 2.45) is 10.3 Å². The van der Waals surface area contributed by atoms with Crippen molar-refractivity contribution in [3.05, 3.63) is 24.3 Å². The van der Waals surface area contributed by atoms with Gasteiger partial charge in [0.2, 0.25) is 0 Å². The molecule has 0 atom stereocenters. The van der Waals surface area contributed by atoms with Crippen LogP contribution in [0.2, 0.25) is 0 Å². The molecule has 0 saturated heterocycles. The number of benzene rings is 1. The molecule has 8 heteroatoms. The number of nitrogens with zero attached hydrogens (tertiary/aromatic N) is 2. The van der Waals surface area contributed by atoms with Crippen molar-refractivity contribution >= 4 is 58.6 Å². The first-order valence-corrected chi connectivity index (χ1v) is 6.49. The molecule has 0 radical (unpaired) electrons. The summed E-state index contributed by atoms with van der Waals surface area (Å²) in [5.74, 6) is 0. The van der Waals surface area contributed by atoms with Crippen LogP contribution in [0.15, 0.2) is 34.6 Å². The third-order valence-corrected chi connectivity index (χ3v) is 2.19. The fourth-order valence-electron chi connectivity index (χ4n) is 1.16. The van der Waals surface area contributed by atoms with E-state index in [2.05, 4.69) is 20.9 Å². The molecule has 1 rings (SSSR count). The summed E-state index contributed by atoms with van der Waals surface area (Å²) in [7, 11) is 0. The van der Waals surface area contributed by atoms with Crippen LogP contribution < -0.4 is 10.6 Å². The van der Waals surface area contributed by atoms with E-state index in [9.17, 15) is 0 Å². The Morgan fingerprint density at radius 2 is 1.45 bits per heavy atom. The minimum Gasteiger partial charge on any atom is -0.326 e. The number of oxime groups is 2. The number of rotatable bonds is 4. The summed E-state index contributed by atoms with van der Waals surface area (Å²) < 4.78 is 0. The fourth-order valence-corrected chi connectivity index (χ4v) is 1.48. The van der Waals surface area contributed by atoms with Crippen molar-refractivity contribution in [1.29, 1.82) is 0 Å². The van der Waals surface area contributed by atoms with Gasteiger partial charge in [0, 0.05) is 23.8 Å². The SMILES string of the molecule is CC=NOC(=S)Nc1cccc(NC(=S)ON=CC)c1. The minimum absolute atomic E-state index is 0.148. The largest absolute Gasteiger partial charge is 0.326 e.